The molecular formula is C15H29N3O. The van der Waals surface area contributed by atoms with Gasteiger partial charge in [-0.15, -0.1) is 0 Å². The van der Waals surface area contributed by atoms with Gasteiger partial charge in [-0.1, -0.05) is 0 Å². The highest BCUT2D eigenvalue weighted by molar-refractivity contribution is 5.78. The van der Waals surface area contributed by atoms with Crippen molar-refractivity contribution >= 4 is 5.91 Å². The molecule has 0 aromatic carbocycles. The summed E-state index contributed by atoms with van der Waals surface area (Å²) in [4.78, 5) is 16.7. The molecule has 1 atom stereocenters. The van der Waals surface area contributed by atoms with E-state index in [2.05, 4.69) is 23.8 Å². The Hall–Kier alpha value is -0.610. The largest absolute Gasteiger partial charge is 0.339 e. The molecule has 1 unspecified atom stereocenters. The molecule has 0 bridgehead atoms. The minimum absolute atomic E-state index is 0.310. The lowest BCUT2D eigenvalue weighted by Gasteiger charge is -2.37. The molecule has 19 heavy (non-hydrogen) atoms. The summed E-state index contributed by atoms with van der Waals surface area (Å²) in [5.41, 5.74) is 5.94. The fourth-order valence-corrected chi connectivity index (χ4v) is 3.44. The molecule has 1 aliphatic carbocycles. The third kappa shape index (κ3) is 3.93. The van der Waals surface area contributed by atoms with Gasteiger partial charge in [-0.25, -0.2) is 0 Å². The molecule has 1 saturated carbocycles. The average Bonchev–Trinajstić information content (AvgIpc) is 2.39. The Labute approximate surface area is 117 Å². The van der Waals surface area contributed by atoms with E-state index in [1.54, 1.807) is 0 Å². The van der Waals surface area contributed by atoms with Gasteiger partial charge in [-0.3, -0.25) is 9.69 Å². The monoisotopic (exact) mass is 267 g/mol. The molecule has 0 spiro atoms. The van der Waals surface area contributed by atoms with E-state index < -0.39 is 0 Å². The fraction of sp³-hybridized carbons (Fsp3) is 0.933. The summed E-state index contributed by atoms with van der Waals surface area (Å²) < 4.78 is 0. The molecule has 1 aliphatic heterocycles. The van der Waals surface area contributed by atoms with Crippen LogP contribution in [0.1, 0.15) is 51.9 Å². The average molecular weight is 267 g/mol. The molecule has 4 nitrogen and oxygen atoms in total. The molecule has 1 heterocycles. The molecule has 4 heteroatoms. The van der Waals surface area contributed by atoms with Crippen LogP contribution in [0.25, 0.3) is 0 Å². The van der Waals surface area contributed by atoms with Crippen molar-refractivity contribution in [3.05, 3.63) is 0 Å². The van der Waals surface area contributed by atoms with Crippen molar-refractivity contribution < 1.29 is 4.79 Å². The summed E-state index contributed by atoms with van der Waals surface area (Å²) in [7, 11) is 2.09. The molecule has 1 amide bonds. The molecular weight excluding hydrogens is 238 g/mol. The van der Waals surface area contributed by atoms with Crippen LogP contribution in [0.15, 0.2) is 0 Å². The lowest BCUT2D eigenvalue weighted by Crippen LogP contribution is -2.48. The first-order chi connectivity index (χ1) is 9.08. The third-order valence-corrected chi connectivity index (χ3v) is 4.87. The zero-order chi connectivity index (χ0) is 13.8. The van der Waals surface area contributed by atoms with Gasteiger partial charge >= 0.3 is 0 Å². The lowest BCUT2D eigenvalue weighted by atomic mass is 9.91. The van der Waals surface area contributed by atoms with Crippen LogP contribution >= 0.6 is 0 Å². The Bertz CT molecular complexity index is 300. The maximum Gasteiger partial charge on any atom is 0.236 e. The topological polar surface area (TPSA) is 49.6 Å². The molecule has 2 rings (SSSR count). The van der Waals surface area contributed by atoms with E-state index in [-0.39, 0.29) is 0 Å². The van der Waals surface area contributed by atoms with Crippen LogP contribution in [0, 0.1) is 0 Å². The fourth-order valence-electron chi connectivity index (χ4n) is 3.44. The van der Waals surface area contributed by atoms with Gasteiger partial charge < -0.3 is 10.6 Å². The van der Waals surface area contributed by atoms with Crippen molar-refractivity contribution in [1.82, 2.24) is 9.80 Å². The van der Waals surface area contributed by atoms with Crippen molar-refractivity contribution in [3.8, 4) is 0 Å². The number of carbonyl (C=O) groups excluding carboxylic acids is 1. The molecule has 0 aromatic heterocycles. The van der Waals surface area contributed by atoms with Crippen LogP contribution < -0.4 is 5.73 Å². The number of carbonyl (C=O) groups is 1. The quantitative estimate of drug-likeness (QED) is 0.845. The molecule has 0 aromatic rings. The van der Waals surface area contributed by atoms with Gasteiger partial charge in [0.25, 0.3) is 0 Å². The number of hydrogen-bond donors (Lipinski definition) is 1. The maximum atomic E-state index is 12.4. The summed E-state index contributed by atoms with van der Waals surface area (Å²) in [6.45, 7) is 3.70. The molecule has 2 aliphatic rings. The standard InChI is InChI=1S/C15H29N3O/c1-12-5-3-4-10-18(12)15(19)11-17(2)14-8-6-13(16)7-9-14/h12-14H,3-11,16H2,1-2H3. The zero-order valence-corrected chi connectivity index (χ0v) is 12.5. The predicted molar refractivity (Wildman–Crippen MR) is 77.9 cm³/mol. The number of rotatable bonds is 3. The number of hydrogen-bond acceptors (Lipinski definition) is 3. The van der Waals surface area contributed by atoms with Gasteiger partial charge in [-0.05, 0) is 58.9 Å². The Balaban J connectivity index is 1.80. The van der Waals surface area contributed by atoms with E-state index in [1.165, 1.54) is 6.42 Å². The van der Waals surface area contributed by atoms with Gasteiger partial charge in [0, 0.05) is 24.7 Å². The van der Waals surface area contributed by atoms with Gasteiger partial charge in [0.15, 0.2) is 0 Å². The molecule has 110 valence electrons. The Morgan fingerprint density at radius 1 is 1.21 bits per heavy atom. The second-order valence-corrected chi connectivity index (χ2v) is 6.42. The Kier molecular flexibility index (Phi) is 5.22. The predicted octanol–water partition coefficient (Wildman–Crippen LogP) is 1.59. The normalized spacial score (nSPS) is 32.6. The van der Waals surface area contributed by atoms with Crippen LogP contribution in [-0.2, 0) is 4.79 Å². The number of nitrogens with zero attached hydrogens (tertiary/aromatic N) is 2. The van der Waals surface area contributed by atoms with E-state index in [0.29, 0.717) is 30.6 Å². The molecule has 1 saturated heterocycles. The van der Waals surface area contributed by atoms with Gasteiger partial charge in [0.1, 0.15) is 0 Å². The van der Waals surface area contributed by atoms with Crippen LogP contribution in [-0.4, -0.2) is 54.0 Å². The Morgan fingerprint density at radius 2 is 1.89 bits per heavy atom. The van der Waals surface area contributed by atoms with Gasteiger partial charge in [0.2, 0.25) is 5.91 Å². The Morgan fingerprint density at radius 3 is 2.53 bits per heavy atom. The van der Waals surface area contributed by atoms with Crippen LogP contribution in [0.3, 0.4) is 0 Å². The smallest absolute Gasteiger partial charge is 0.236 e. The lowest BCUT2D eigenvalue weighted by molar-refractivity contribution is -0.136. The van der Waals surface area contributed by atoms with Gasteiger partial charge in [-0.2, -0.15) is 0 Å². The van der Waals surface area contributed by atoms with Crippen molar-refractivity contribution in [2.24, 2.45) is 5.73 Å². The minimum atomic E-state index is 0.310. The second kappa shape index (κ2) is 6.71. The zero-order valence-electron chi connectivity index (χ0n) is 12.5. The number of piperidine rings is 1. The van der Waals surface area contributed by atoms with Crippen molar-refractivity contribution in [1.29, 1.82) is 0 Å². The van der Waals surface area contributed by atoms with Gasteiger partial charge in [0.05, 0.1) is 6.54 Å². The van der Waals surface area contributed by atoms with Crippen molar-refractivity contribution in [2.45, 2.75) is 70.0 Å². The summed E-state index contributed by atoms with van der Waals surface area (Å²) in [6.07, 6.45) is 8.07. The number of likely N-dealkylation sites (N-methyl/N-ethyl adjacent to an activating group) is 1. The van der Waals surface area contributed by atoms with Crippen molar-refractivity contribution in [2.75, 3.05) is 20.1 Å². The first kappa shape index (κ1) is 14.8. The summed E-state index contributed by atoms with van der Waals surface area (Å²) in [5, 5.41) is 0. The number of amides is 1. The van der Waals surface area contributed by atoms with E-state index in [9.17, 15) is 4.79 Å². The summed E-state index contributed by atoms with van der Waals surface area (Å²) in [5.74, 6) is 0.310. The third-order valence-electron chi connectivity index (χ3n) is 4.87. The molecule has 2 N–H and O–H groups in total. The van der Waals surface area contributed by atoms with Crippen LogP contribution in [0.5, 0.6) is 0 Å². The first-order valence-electron chi connectivity index (χ1n) is 7.83. The van der Waals surface area contributed by atoms with Crippen LogP contribution in [0.4, 0.5) is 0 Å². The number of nitrogens with two attached hydrogens (primary N) is 1. The van der Waals surface area contributed by atoms with E-state index in [4.69, 9.17) is 5.73 Å². The van der Waals surface area contributed by atoms with Crippen molar-refractivity contribution in [3.63, 3.8) is 0 Å². The SMILES string of the molecule is CC1CCCCN1C(=O)CN(C)C1CCC(N)CC1. The second-order valence-electron chi connectivity index (χ2n) is 6.42. The maximum absolute atomic E-state index is 12.4. The highest BCUT2D eigenvalue weighted by Gasteiger charge is 2.27. The van der Waals surface area contributed by atoms with E-state index in [1.807, 2.05) is 0 Å². The first-order valence-corrected chi connectivity index (χ1v) is 7.83. The van der Waals surface area contributed by atoms with E-state index in [0.717, 1.165) is 45.1 Å². The molecule has 0 radical (unpaired) electrons. The highest BCUT2D eigenvalue weighted by Crippen LogP contribution is 2.22. The highest BCUT2D eigenvalue weighted by atomic mass is 16.2. The summed E-state index contributed by atoms with van der Waals surface area (Å²) >= 11 is 0. The van der Waals surface area contributed by atoms with E-state index >= 15 is 0 Å². The number of likely N-dealkylation sites (tertiary alicyclic amines) is 1. The minimum Gasteiger partial charge on any atom is -0.339 e. The summed E-state index contributed by atoms with van der Waals surface area (Å²) in [6, 6.07) is 1.35. The molecule has 2 fully saturated rings. The van der Waals surface area contributed by atoms with Crippen LogP contribution in [0.2, 0.25) is 0 Å².